The second-order valence-electron chi connectivity index (χ2n) is 5.72. The first kappa shape index (κ1) is 17.1. The molecule has 0 bridgehead atoms. The van der Waals surface area contributed by atoms with E-state index in [9.17, 15) is 18.0 Å². The second-order valence-corrected chi connectivity index (χ2v) is 7.28. The Hall–Kier alpha value is -2.71. The summed E-state index contributed by atoms with van der Waals surface area (Å²) in [5.41, 5.74) is 2.24. The highest BCUT2D eigenvalue weighted by Gasteiger charge is 2.31. The highest BCUT2D eigenvalue weighted by molar-refractivity contribution is 7.89. The molecule has 3 N–H and O–H groups in total. The van der Waals surface area contributed by atoms with Crippen molar-refractivity contribution in [2.45, 2.75) is 17.9 Å². The van der Waals surface area contributed by atoms with Gasteiger partial charge in [0.05, 0.1) is 11.4 Å². The number of carbonyl (C=O) groups is 2. The van der Waals surface area contributed by atoms with Crippen LogP contribution in [0.15, 0.2) is 53.4 Å². The largest absolute Gasteiger partial charge is 0.337 e. The molecule has 8 heteroatoms. The molecule has 130 valence electrons. The van der Waals surface area contributed by atoms with Crippen LogP contribution in [0.25, 0.3) is 0 Å². The number of nitrogens with two attached hydrogens (primary N) is 1. The number of imide groups is 1. The summed E-state index contributed by atoms with van der Waals surface area (Å²) in [7, 11) is -3.71. The highest BCUT2D eigenvalue weighted by Crippen LogP contribution is 2.22. The summed E-state index contributed by atoms with van der Waals surface area (Å²) in [6.07, 6.45) is 0.506. The summed E-state index contributed by atoms with van der Waals surface area (Å²) in [5, 5.41) is 7.75. The molecule has 0 saturated heterocycles. The van der Waals surface area contributed by atoms with E-state index in [4.69, 9.17) is 5.14 Å². The third kappa shape index (κ3) is 3.70. The lowest BCUT2D eigenvalue weighted by Crippen LogP contribution is -2.40. The third-order valence-corrected chi connectivity index (χ3v) is 4.94. The van der Waals surface area contributed by atoms with Crippen molar-refractivity contribution in [1.82, 2.24) is 10.2 Å². The van der Waals surface area contributed by atoms with Crippen LogP contribution in [-0.4, -0.2) is 31.8 Å². The molecule has 1 aliphatic rings. The van der Waals surface area contributed by atoms with Crippen LogP contribution in [0, 0.1) is 0 Å². The minimum absolute atomic E-state index is 0.0423. The zero-order valence-corrected chi connectivity index (χ0v) is 14.1. The van der Waals surface area contributed by atoms with Crippen LogP contribution < -0.4 is 10.5 Å². The van der Waals surface area contributed by atoms with Gasteiger partial charge in [0.2, 0.25) is 10.0 Å². The van der Waals surface area contributed by atoms with Gasteiger partial charge in [0.25, 0.3) is 5.91 Å². The summed E-state index contributed by atoms with van der Waals surface area (Å²) >= 11 is 0. The Morgan fingerprint density at radius 2 is 1.80 bits per heavy atom. The molecule has 7 nitrogen and oxygen atoms in total. The van der Waals surface area contributed by atoms with Crippen molar-refractivity contribution < 1.29 is 18.0 Å². The Bertz CT molecular complexity index is 923. The molecule has 1 heterocycles. The smallest absolute Gasteiger partial charge is 0.324 e. The van der Waals surface area contributed by atoms with Crippen molar-refractivity contribution in [3.8, 4) is 0 Å². The Balaban J connectivity index is 1.55. The number of nitrogens with zero attached hydrogens (tertiary/aromatic N) is 1. The van der Waals surface area contributed by atoms with Crippen molar-refractivity contribution in [2.24, 2.45) is 5.14 Å². The van der Waals surface area contributed by atoms with Crippen molar-refractivity contribution in [2.75, 3.05) is 6.54 Å². The summed E-state index contributed by atoms with van der Waals surface area (Å²) in [5.74, 6) is -0.300. The van der Waals surface area contributed by atoms with E-state index in [1.54, 1.807) is 24.3 Å². The molecule has 2 aromatic rings. The average Bonchev–Trinajstić information content (AvgIpc) is 2.92. The monoisotopic (exact) mass is 359 g/mol. The fraction of sp³-hybridized carbons (Fsp3) is 0.176. The number of carbonyl (C=O) groups excluding carboxylic acids is 2. The van der Waals surface area contributed by atoms with E-state index in [0.717, 1.165) is 11.1 Å². The quantitative estimate of drug-likeness (QED) is 0.856. The molecular weight excluding hydrogens is 342 g/mol. The molecule has 0 atom stereocenters. The number of nitrogens with one attached hydrogen (secondary N) is 1. The maximum Gasteiger partial charge on any atom is 0.324 e. The van der Waals surface area contributed by atoms with Gasteiger partial charge in [0.1, 0.15) is 0 Å². The third-order valence-electron chi connectivity index (χ3n) is 4.01. The van der Waals surface area contributed by atoms with Gasteiger partial charge in [0.15, 0.2) is 0 Å². The Kier molecular flexibility index (Phi) is 4.56. The molecular formula is C17H17N3O4S. The van der Waals surface area contributed by atoms with Gasteiger partial charge in [-0.25, -0.2) is 18.4 Å². The first-order valence-electron chi connectivity index (χ1n) is 7.65. The maximum atomic E-state index is 12.2. The summed E-state index contributed by atoms with van der Waals surface area (Å²) in [4.78, 5) is 25.6. The first-order chi connectivity index (χ1) is 11.9. The molecule has 1 aliphatic heterocycles. The molecule has 0 saturated carbocycles. The molecule has 0 aromatic heterocycles. The van der Waals surface area contributed by atoms with Gasteiger partial charge in [-0.2, -0.15) is 0 Å². The number of urea groups is 1. The van der Waals surface area contributed by atoms with Gasteiger partial charge < -0.3 is 5.32 Å². The van der Waals surface area contributed by atoms with Crippen molar-refractivity contribution in [1.29, 1.82) is 0 Å². The van der Waals surface area contributed by atoms with E-state index >= 15 is 0 Å². The van der Waals surface area contributed by atoms with E-state index in [2.05, 4.69) is 5.32 Å². The zero-order chi connectivity index (χ0) is 18.0. The Morgan fingerprint density at radius 3 is 2.44 bits per heavy atom. The lowest BCUT2D eigenvalue weighted by Gasteiger charge is -2.14. The lowest BCUT2D eigenvalue weighted by atomic mass is 10.1. The standard InChI is InChI=1S/C17H17N3O4S/c18-25(23,24)14-7-5-12(6-8-14)9-10-19-17(22)20-11-13-3-1-2-4-15(13)16(20)21/h1-8H,9-11H2,(H,19,22)(H2,18,23,24). The van der Waals surface area contributed by atoms with E-state index in [0.29, 0.717) is 18.5 Å². The van der Waals surface area contributed by atoms with E-state index < -0.39 is 16.1 Å². The van der Waals surface area contributed by atoms with Crippen LogP contribution in [0.5, 0.6) is 0 Å². The van der Waals surface area contributed by atoms with Crippen LogP contribution in [0.3, 0.4) is 0 Å². The molecule has 0 unspecified atom stereocenters. The van der Waals surface area contributed by atoms with Crippen LogP contribution >= 0.6 is 0 Å². The van der Waals surface area contributed by atoms with Crippen molar-refractivity contribution >= 4 is 22.0 Å². The number of rotatable bonds is 4. The summed E-state index contributed by atoms with van der Waals surface area (Å²) < 4.78 is 22.4. The van der Waals surface area contributed by atoms with Crippen LogP contribution in [0.1, 0.15) is 21.5 Å². The summed E-state index contributed by atoms with van der Waals surface area (Å²) in [6.45, 7) is 0.595. The van der Waals surface area contributed by atoms with Gasteiger partial charge in [0, 0.05) is 12.1 Å². The lowest BCUT2D eigenvalue weighted by molar-refractivity contribution is 0.0821. The number of amides is 3. The van der Waals surface area contributed by atoms with E-state index in [-0.39, 0.29) is 17.3 Å². The van der Waals surface area contributed by atoms with Gasteiger partial charge in [-0.1, -0.05) is 30.3 Å². The van der Waals surface area contributed by atoms with Crippen LogP contribution in [0.2, 0.25) is 0 Å². The molecule has 25 heavy (non-hydrogen) atoms. The number of fused-ring (bicyclic) bond motifs is 1. The van der Waals surface area contributed by atoms with Gasteiger partial charge in [-0.3, -0.25) is 9.69 Å². The number of sulfonamides is 1. The molecule has 0 radical (unpaired) electrons. The van der Waals surface area contributed by atoms with Crippen LogP contribution in [0.4, 0.5) is 4.79 Å². The summed E-state index contributed by atoms with van der Waals surface area (Å²) in [6, 6.07) is 12.8. The number of hydrogen-bond donors (Lipinski definition) is 2. The first-order valence-corrected chi connectivity index (χ1v) is 9.20. The van der Waals surface area contributed by atoms with Crippen molar-refractivity contribution in [3.63, 3.8) is 0 Å². The van der Waals surface area contributed by atoms with Gasteiger partial charge in [-0.15, -0.1) is 0 Å². The number of benzene rings is 2. The van der Waals surface area contributed by atoms with Gasteiger partial charge >= 0.3 is 6.03 Å². The minimum Gasteiger partial charge on any atom is -0.337 e. The Labute approximate surface area is 145 Å². The Morgan fingerprint density at radius 1 is 1.12 bits per heavy atom. The zero-order valence-electron chi connectivity index (χ0n) is 13.3. The SMILES string of the molecule is NS(=O)(=O)c1ccc(CCNC(=O)N2Cc3ccccc3C2=O)cc1. The van der Waals surface area contributed by atoms with Gasteiger partial charge in [-0.05, 0) is 35.7 Å². The predicted octanol–water partition coefficient (Wildman–Crippen LogP) is 1.24. The predicted molar refractivity (Wildman–Crippen MR) is 91.2 cm³/mol. The topological polar surface area (TPSA) is 110 Å². The maximum absolute atomic E-state index is 12.2. The second kappa shape index (κ2) is 6.66. The average molecular weight is 359 g/mol. The molecule has 0 fully saturated rings. The number of hydrogen-bond acceptors (Lipinski definition) is 4. The molecule has 0 aliphatic carbocycles. The normalized spacial score (nSPS) is 13.6. The highest BCUT2D eigenvalue weighted by atomic mass is 32.2. The molecule has 3 rings (SSSR count). The molecule has 3 amide bonds. The number of primary sulfonamides is 1. The van der Waals surface area contributed by atoms with Crippen LogP contribution in [-0.2, 0) is 23.0 Å². The van der Waals surface area contributed by atoms with E-state index in [1.165, 1.54) is 17.0 Å². The fourth-order valence-corrected chi connectivity index (χ4v) is 3.19. The molecule has 2 aromatic carbocycles. The fourth-order valence-electron chi connectivity index (χ4n) is 2.67. The van der Waals surface area contributed by atoms with Crippen molar-refractivity contribution in [3.05, 3.63) is 65.2 Å². The van der Waals surface area contributed by atoms with E-state index in [1.807, 2.05) is 12.1 Å². The molecule has 0 spiro atoms. The minimum atomic E-state index is -3.71.